The average molecular weight is 518 g/mol. The van der Waals surface area contributed by atoms with Crippen molar-refractivity contribution in [2.24, 2.45) is 4.99 Å². The van der Waals surface area contributed by atoms with Crippen molar-refractivity contribution in [3.63, 3.8) is 0 Å². The fourth-order valence-corrected chi connectivity index (χ4v) is 3.84. The van der Waals surface area contributed by atoms with Crippen molar-refractivity contribution >= 4 is 41.5 Å². The van der Waals surface area contributed by atoms with Crippen molar-refractivity contribution in [1.82, 2.24) is 10.6 Å². The lowest BCUT2D eigenvalue weighted by atomic mass is 9.74. The molecule has 2 aromatic rings. The van der Waals surface area contributed by atoms with Gasteiger partial charge in [0, 0.05) is 43.8 Å². The second kappa shape index (κ2) is 11.0. The number of aliphatic imine (C=N–C) groups is 1. The fraction of sp³-hybridized carbons (Fsp3) is 0.381. The Hall–Kier alpha value is -1.38. The van der Waals surface area contributed by atoms with E-state index in [2.05, 4.69) is 21.7 Å². The van der Waals surface area contributed by atoms with Gasteiger partial charge >= 0.3 is 0 Å². The summed E-state index contributed by atoms with van der Waals surface area (Å²) < 4.78 is 18.9. The van der Waals surface area contributed by atoms with Crippen LogP contribution in [0.5, 0.6) is 0 Å². The topological polar surface area (TPSA) is 45.7 Å². The van der Waals surface area contributed by atoms with Gasteiger partial charge in [-0.1, -0.05) is 41.9 Å². The van der Waals surface area contributed by atoms with Crippen LogP contribution in [0.4, 0.5) is 4.39 Å². The number of guanidine groups is 1. The van der Waals surface area contributed by atoms with Crippen molar-refractivity contribution in [2.45, 2.75) is 24.8 Å². The fourth-order valence-electron chi connectivity index (χ4n) is 3.50. The third-order valence-corrected chi connectivity index (χ3v) is 5.39. The van der Waals surface area contributed by atoms with Crippen LogP contribution in [-0.2, 0) is 16.7 Å². The van der Waals surface area contributed by atoms with Gasteiger partial charge in [-0.3, -0.25) is 4.99 Å². The van der Waals surface area contributed by atoms with Crippen molar-refractivity contribution in [1.29, 1.82) is 0 Å². The maximum absolute atomic E-state index is 13.3. The van der Waals surface area contributed by atoms with Gasteiger partial charge in [0.1, 0.15) is 5.82 Å². The third-order valence-electron chi connectivity index (χ3n) is 5.06. The summed E-state index contributed by atoms with van der Waals surface area (Å²) in [5.74, 6) is 0.439. The van der Waals surface area contributed by atoms with Crippen molar-refractivity contribution in [3.05, 3.63) is 70.5 Å². The second-order valence-electron chi connectivity index (χ2n) is 6.78. The molecular formula is C21H26ClFIN3O. The molecule has 3 rings (SSSR count). The van der Waals surface area contributed by atoms with Gasteiger partial charge in [-0.25, -0.2) is 4.39 Å². The molecule has 0 unspecified atom stereocenters. The lowest BCUT2D eigenvalue weighted by Crippen LogP contribution is -2.48. The average Bonchev–Trinajstić information content (AvgIpc) is 2.69. The summed E-state index contributed by atoms with van der Waals surface area (Å²) in [5.41, 5.74) is 1.90. The molecule has 1 aliphatic heterocycles. The highest BCUT2D eigenvalue weighted by Crippen LogP contribution is 2.38. The first kappa shape index (κ1) is 22.9. The standard InChI is InChI=1S/C21H25ClFN3O.HI/c1-24-20(25-14-16-5-4-6-17(23)13-16)26-15-21(9-11-27-12-10-21)18-7-2-3-8-19(18)22;/h2-8,13H,9-12,14-15H2,1H3,(H2,24,25,26);1H. The number of nitrogens with zero attached hydrogens (tertiary/aromatic N) is 1. The Morgan fingerprint density at radius 3 is 2.57 bits per heavy atom. The quantitative estimate of drug-likeness (QED) is 0.349. The van der Waals surface area contributed by atoms with E-state index in [4.69, 9.17) is 16.3 Å². The van der Waals surface area contributed by atoms with E-state index in [-0.39, 0.29) is 35.2 Å². The number of hydrogen-bond acceptors (Lipinski definition) is 2. The minimum atomic E-state index is -0.239. The van der Waals surface area contributed by atoms with Crippen LogP contribution in [-0.4, -0.2) is 32.8 Å². The van der Waals surface area contributed by atoms with Gasteiger partial charge in [0.2, 0.25) is 0 Å². The zero-order valence-electron chi connectivity index (χ0n) is 15.9. The van der Waals surface area contributed by atoms with Gasteiger partial charge < -0.3 is 15.4 Å². The molecule has 0 bridgehead atoms. The molecule has 0 amide bonds. The van der Waals surface area contributed by atoms with E-state index >= 15 is 0 Å². The van der Waals surface area contributed by atoms with Crippen molar-refractivity contribution in [3.8, 4) is 0 Å². The van der Waals surface area contributed by atoms with E-state index in [1.165, 1.54) is 12.1 Å². The molecular weight excluding hydrogens is 492 g/mol. The summed E-state index contributed by atoms with van der Waals surface area (Å²) in [4.78, 5) is 4.29. The van der Waals surface area contributed by atoms with Crippen LogP contribution in [0.2, 0.25) is 5.02 Å². The van der Waals surface area contributed by atoms with Gasteiger partial charge in [0.25, 0.3) is 0 Å². The SMILES string of the molecule is CN=C(NCc1cccc(F)c1)NCC1(c2ccccc2Cl)CCOCC1.I. The lowest BCUT2D eigenvalue weighted by Gasteiger charge is -2.38. The van der Waals surface area contributed by atoms with Crippen LogP contribution in [0.1, 0.15) is 24.0 Å². The van der Waals surface area contributed by atoms with Gasteiger partial charge in [-0.2, -0.15) is 0 Å². The van der Waals surface area contributed by atoms with Crippen LogP contribution < -0.4 is 10.6 Å². The molecule has 0 saturated carbocycles. The summed E-state index contributed by atoms with van der Waals surface area (Å²) in [6.45, 7) is 2.62. The molecule has 0 atom stereocenters. The van der Waals surface area contributed by atoms with E-state index < -0.39 is 0 Å². The Balaban J connectivity index is 0.00000280. The van der Waals surface area contributed by atoms with Crippen LogP contribution in [0.25, 0.3) is 0 Å². The lowest BCUT2D eigenvalue weighted by molar-refractivity contribution is 0.0514. The van der Waals surface area contributed by atoms with Gasteiger partial charge in [0.15, 0.2) is 5.96 Å². The summed E-state index contributed by atoms with van der Waals surface area (Å²) in [5, 5.41) is 7.45. The molecule has 28 heavy (non-hydrogen) atoms. The van der Waals surface area contributed by atoms with Gasteiger partial charge in [-0.05, 0) is 42.2 Å². The number of hydrogen-bond donors (Lipinski definition) is 2. The molecule has 2 aromatic carbocycles. The smallest absolute Gasteiger partial charge is 0.191 e. The molecule has 1 fully saturated rings. The zero-order chi connectivity index (χ0) is 19.1. The first-order valence-electron chi connectivity index (χ1n) is 9.15. The highest BCUT2D eigenvalue weighted by molar-refractivity contribution is 14.0. The number of halogens is 3. The number of rotatable bonds is 5. The van der Waals surface area contributed by atoms with Crippen LogP contribution >= 0.6 is 35.6 Å². The van der Waals surface area contributed by atoms with E-state index in [9.17, 15) is 4.39 Å². The van der Waals surface area contributed by atoms with E-state index in [0.717, 1.165) is 29.0 Å². The van der Waals surface area contributed by atoms with Crippen LogP contribution in [0.3, 0.4) is 0 Å². The maximum atomic E-state index is 13.3. The maximum Gasteiger partial charge on any atom is 0.191 e. The van der Waals surface area contributed by atoms with Gasteiger partial charge in [0.05, 0.1) is 0 Å². The monoisotopic (exact) mass is 517 g/mol. The van der Waals surface area contributed by atoms with E-state index in [0.29, 0.717) is 32.3 Å². The minimum absolute atomic E-state index is 0. The number of nitrogens with one attached hydrogen (secondary N) is 2. The van der Waals surface area contributed by atoms with Crippen LogP contribution in [0, 0.1) is 5.82 Å². The summed E-state index contributed by atoms with van der Waals surface area (Å²) >= 11 is 6.50. The minimum Gasteiger partial charge on any atom is -0.381 e. The second-order valence-corrected chi connectivity index (χ2v) is 7.19. The highest BCUT2D eigenvalue weighted by Gasteiger charge is 2.36. The van der Waals surface area contributed by atoms with E-state index in [1.54, 1.807) is 13.1 Å². The molecule has 2 N–H and O–H groups in total. The Morgan fingerprint density at radius 2 is 1.89 bits per heavy atom. The largest absolute Gasteiger partial charge is 0.381 e. The first-order chi connectivity index (χ1) is 13.1. The molecule has 0 spiro atoms. The molecule has 0 aromatic heterocycles. The Morgan fingerprint density at radius 1 is 1.14 bits per heavy atom. The Kier molecular flexibility index (Phi) is 8.98. The summed E-state index contributed by atoms with van der Waals surface area (Å²) in [6.07, 6.45) is 1.79. The molecule has 1 saturated heterocycles. The van der Waals surface area contributed by atoms with Crippen molar-refractivity contribution in [2.75, 3.05) is 26.8 Å². The Bertz CT molecular complexity index is 797. The summed E-state index contributed by atoms with van der Waals surface area (Å²) in [6, 6.07) is 14.5. The molecule has 152 valence electrons. The van der Waals surface area contributed by atoms with Crippen LogP contribution in [0.15, 0.2) is 53.5 Å². The molecule has 4 nitrogen and oxygen atoms in total. The molecule has 1 aliphatic rings. The highest BCUT2D eigenvalue weighted by atomic mass is 127. The van der Waals surface area contributed by atoms with E-state index in [1.807, 2.05) is 24.3 Å². The number of benzene rings is 2. The molecule has 0 aliphatic carbocycles. The van der Waals surface area contributed by atoms with Crippen molar-refractivity contribution < 1.29 is 9.13 Å². The first-order valence-corrected chi connectivity index (χ1v) is 9.52. The third kappa shape index (κ3) is 5.81. The van der Waals surface area contributed by atoms with Gasteiger partial charge in [-0.15, -0.1) is 24.0 Å². The normalized spacial score (nSPS) is 16.2. The summed E-state index contributed by atoms with van der Waals surface area (Å²) in [7, 11) is 1.73. The predicted molar refractivity (Wildman–Crippen MR) is 123 cm³/mol. The zero-order valence-corrected chi connectivity index (χ0v) is 19.0. The molecule has 7 heteroatoms. The molecule has 1 heterocycles. The Labute approximate surface area is 187 Å². The molecule has 0 radical (unpaired) electrons. The number of ether oxygens (including phenoxy) is 1. The predicted octanol–water partition coefficient (Wildman–Crippen LogP) is 4.51.